The number of rotatable bonds is 4. The highest BCUT2D eigenvalue weighted by molar-refractivity contribution is 5.83. The van der Waals surface area contributed by atoms with E-state index in [9.17, 15) is 9.90 Å². The number of carbonyl (C=O) groups is 1. The number of hydrogen-bond acceptors (Lipinski definition) is 3. The second kappa shape index (κ2) is 5.57. The lowest BCUT2D eigenvalue weighted by atomic mass is 9.77. The van der Waals surface area contributed by atoms with Crippen LogP contribution in [0.15, 0.2) is 0 Å². The predicted octanol–water partition coefficient (Wildman–Crippen LogP) is 1.19. The molecule has 0 aromatic carbocycles. The van der Waals surface area contributed by atoms with Crippen LogP contribution in [-0.2, 0) is 4.79 Å². The first-order valence-electron chi connectivity index (χ1n) is 7.32. The highest BCUT2D eigenvalue weighted by Gasteiger charge is 2.39. The maximum atomic E-state index is 12.4. The molecule has 1 saturated carbocycles. The molecule has 1 saturated heterocycles. The fraction of sp³-hybridized carbons (Fsp3) is 0.929. The van der Waals surface area contributed by atoms with Crippen LogP contribution < -0.4 is 10.6 Å². The molecule has 1 atom stereocenters. The zero-order valence-electron chi connectivity index (χ0n) is 11.4. The van der Waals surface area contributed by atoms with Crippen LogP contribution in [-0.4, -0.2) is 36.2 Å². The molecule has 4 heteroatoms. The number of nitrogens with one attached hydrogen (secondary N) is 2. The molecule has 1 aliphatic heterocycles. The van der Waals surface area contributed by atoms with Gasteiger partial charge in [-0.05, 0) is 38.6 Å². The Hall–Kier alpha value is -0.610. The summed E-state index contributed by atoms with van der Waals surface area (Å²) in [7, 11) is 0. The van der Waals surface area contributed by atoms with E-state index in [1.54, 1.807) is 0 Å². The fourth-order valence-corrected chi connectivity index (χ4v) is 3.27. The third-order valence-corrected chi connectivity index (χ3v) is 4.74. The van der Waals surface area contributed by atoms with Crippen LogP contribution in [0.4, 0.5) is 0 Å². The highest BCUT2D eigenvalue weighted by atomic mass is 16.3. The number of carbonyl (C=O) groups excluding carboxylic acids is 1. The van der Waals surface area contributed by atoms with Crippen molar-refractivity contribution >= 4 is 5.91 Å². The van der Waals surface area contributed by atoms with Crippen LogP contribution in [0.5, 0.6) is 0 Å². The molecule has 1 heterocycles. The molecule has 104 valence electrons. The SMILES string of the molecule is CCC1(C(=O)NCC2(O)CCCC2)CCCNC1. The van der Waals surface area contributed by atoms with Gasteiger partial charge in [0.25, 0.3) is 0 Å². The lowest BCUT2D eigenvalue weighted by Crippen LogP contribution is -2.52. The Bertz CT molecular complexity index is 292. The lowest BCUT2D eigenvalue weighted by Gasteiger charge is -2.36. The van der Waals surface area contributed by atoms with Crippen LogP contribution >= 0.6 is 0 Å². The zero-order valence-corrected chi connectivity index (χ0v) is 11.4. The molecule has 0 aromatic rings. The molecule has 1 aliphatic carbocycles. The van der Waals surface area contributed by atoms with Crippen molar-refractivity contribution in [2.45, 2.75) is 57.5 Å². The molecule has 2 aliphatic rings. The van der Waals surface area contributed by atoms with Crippen molar-refractivity contribution in [2.75, 3.05) is 19.6 Å². The van der Waals surface area contributed by atoms with Crippen LogP contribution in [0.1, 0.15) is 51.9 Å². The lowest BCUT2D eigenvalue weighted by molar-refractivity contribution is -0.133. The molecule has 1 amide bonds. The summed E-state index contributed by atoms with van der Waals surface area (Å²) in [5.74, 6) is 0.123. The first-order chi connectivity index (χ1) is 8.60. The molecule has 3 N–H and O–H groups in total. The average molecular weight is 254 g/mol. The molecule has 2 rings (SSSR count). The largest absolute Gasteiger partial charge is 0.388 e. The van der Waals surface area contributed by atoms with E-state index in [-0.39, 0.29) is 11.3 Å². The van der Waals surface area contributed by atoms with E-state index in [4.69, 9.17) is 0 Å². The molecular formula is C14H26N2O2. The Morgan fingerprint density at radius 1 is 1.28 bits per heavy atom. The summed E-state index contributed by atoms with van der Waals surface area (Å²) in [6.45, 7) is 4.29. The van der Waals surface area contributed by atoms with Gasteiger partial charge in [0, 0.05) is 13.1 Å². The summed E-state index contributed by atoms with van der Waals surface area (Å²) < 4.78 is 0. The molecule has 0 spiro atoms. The van der Waals surface area contributed by atoms with Crippen LogP contribution in [0.2, 0.25) is 0 Å². The first-order valence-corrected chi connectivity index (χ1v) is 7.32. The summed E-state index contributed by atoms with van der Waals surface area (Å²) in [4.78, 5) is 12.4. The molecular weight excluding hydrogens is 228 g/mol. The van der Waals surface area contributed by atoms with E-state index in [0.29, 0.717) is 6.54 Å². The minimum atomic E-state index is -0.646. The predicted molar refractivity (Wildman–Crippen MR) is 71.3 cm³/mol. The normalized spacial score (nSPS) is 31.2. The molecule has 4 nitrogen and oxygen atoms in total. The fourth-order valence-electron chi connectivity index (χ4n) is 3.27. The quantitative estimate of drug-likeness (QED) is 0.706. The first kappa shape index (κ1) is 13.8. The van der Waals surface area contributed by atoms with E-state index < -0.39 is 5.60 Å². The zero-order chi connectivity index (χ0) is 13.1. The van der Waals surface area contributed by atoms with Gasteiger partial charge in [-0.2, -0.15) is 0 Å². The third-order valence-electron chi connectivity index (χ3n) is 4.74. The van der Waals surface area contributed by atoms with Gasteiger partial charge in [0.05, 0.1) is 11.0 Å². The van der Waals surface area contributed by atoms with Gasteiger partial charge in [-0.1, -0.05) is 19.8 Å². The van der Waals surface area contributed by atoms with Gasteiger partial charge >= 0.3 is 0 Å². The summed E-state index contributed by atoms with van der Waals surface area (Å²) in [6, 6.07) is 0. The van der Waals surface area contributed by atoms with Crippen molar-refractivity contribution in [1.82, 2.24) is 10.6 Å². The molecule has 2 fully saturated rings. The second-order valence-electron chi connectivity index (χ2n) is 6.03. The van der Waals surface area contributed by atoms with Crippen LogP contribution in [0, 0.1) is 5.41 Å². The molecule has 0 aromatic heterocycles. The maximum Gasteiger partial charge on any atom is 0.227 e. The molecule has 0 bridgehead atoms. The monoisotopic (exact) mass is 254 g/mol. The molecule has 1 unspecified atom stereocenters. The number of hydrogen-bond donors (Lipinski definition) is 3. The Labute approximate surface area is 110 Å². The Balaban J connectivity index is 1.89. The number of aliphatic hydroxyl groups is 1. The van der Waals surface area contributed by atoms with Gasteiger partial charge in [0.2, 0.25) is 5.91 Å². The maximum absolute atomic E-state index is 12.4. The van der Waals surface area contributed by atoms with Crippen LogP contribution in [0.25, 0.3) is 0 Å². The Morgan fingerprint density at radius 2 is 2.00 bits per heavy atom. The third kappa shape index (κ3) is 2.86. The topological polar surface area (TPSA) is 61.4 Å². The smallest absolute Gasteiger partial charge is 0.227 e. The summed E-state index contributed by atoms with van der Waals surface area (Å²) in [5, 5.41) is 16.6. The van der Waals surface area contributed by atoms with E-state index in [1.807, 2.05) is 0 Å². The Morgan fingerprint density at radius 3 is 2.56 bits per heavy atom. The molecule has 18 heavy (non-hydrogen) atoms. The summed E-state index contributed by atoms with van der Waals surface area (Å²) >= 11 is 0. The van der Waals surface area contributed by atoms with Crippen molar-refractivity contribution in [3.63, 3.8) is 0 Å². The van der Waals surface area contributed by atoms with Crippen molar-refractivity contribution in [3.8, 4) is 0 Å². The number of amides is 1. The van der Waals surface area contributed by atoms with E-state index >= 15 is 0 Å². The number of piperidine rings is 1. The van der Waals surface area contributed by atoms with Gasteiger partial charge in [0.15, 0.2) is 0 Å². The summed E-state index contributed by atoms with van der Waals surface area (Å²) in [6.07, 6.45) is 6.69. The highest BCUT2D eigenvalue weighted by Crippen LogP contribution is 2.32. The van der Waals surface area contributed by atoms with Crippen molar-refractivity contribution in [2.24, 2.45) is 5.41 Å². The molecule has 0 radical (unpaired) electrons. The average Bonchev–Trinajstić information content (AvgIpc) is 2.84. The van der Waals surface area contributed by atoms with Crippen molar-refractivity contribution < 1.29 is 9.90 Å². The van der Waals surface area contributed by atoms with E-state index in [2.05, 4.69) is 17.6 Å². The van der Waals surface area contributed by atoms with Gasteiger partial charge in [-0.3, -0.25) is 4.79 Å². The Kier molecular flexibility index (Phi) is 4.28. The van der Waals surface area contributed by atoms with E-state index in [0.717, 1.165) is 58.0 Å². The standard InChI is InChI=1S/C14H26N2O2/c1-2-13(6-5-9-15-10-13)12(17)16-11-14(18)7-3-4-8-14/h15,18H,2-11H2,1H3,(H,16,17). The van der Waals surface area contributed by atoms with Crippen molar-refractivity contribution in [3.05, 3.63) is 0 Å². The van der Waals surface area contributed by atoms with Gasteiger partial charge in [0.1, 0.15) is 0 Å². The van der Waals surface area contributed by atoms with Gasteiger partial charge in [-0.15, -0.1) is 0 Å². The van der Waals surface area contributed by atoms with E-state index in [1.165, 1.54) is 0 Å². The van der Waals surface area contributed by atoms with Gasteiger partial charge < -0.3 is 15.7 Å². The minimum absolute atomic E-state index is 0.123. The van der Waals surface area contributed by atoms with Gasteiger partial charge in [-0.25, -0.2) is 0 Å². The summed E-state index contributed by atoms with van der Waals surface area (Å²) in [5.41, 5.74) is -0.903. The second-order valence-corrected chi connectivity index (χ2v) is 6.03. The van der Waals surface area contributed by atoms with Crippen LogP contribution in [0.3, 0.4) is 0 Å². The van der Waals surface area contributed by atoms with Crippen molar-refractivity contribution in [1.29, 1.82) is 0 Å². The minimum Gasteiger partial charge on any atom is -0.388 e.